The number of ether oxygens (including phenoxy) is 1. The summed E-state index contributed by atoms with van der Waals surface area (Å²) in [6.45, 7) is 8.73. The molecule has 1 aliphatic rings. The first kappa shape index (κ1) is 19.9. The van der Waals surface area contributed by atoms with E-state index in [-0.39, 0.29) is 11.8 Å². The molecule has 1 aliphatic heterocycles. The molecule has 0 spiro atoms. The van der Waals surface area contributed by atoms with Crippen molar-refractivity contribution in [1.82, 2.24) is 9.80 Å². The van der Waals surface area contributed by atoms with Crippen molar-refractivity contribution in [1.29, 1.82) is 0 Å². The average Bonchev–Trinajstić information content (AvgIpc) is 2.59. The van der Waals surface area contributed by atoms with Gasteiger partial charge >= 0.3 is 6.09 Å². The normalized spacial score (nSPS) is 15.9. The van der Waals surface area contributed by atoms with Crippen molar-refractivity contribution in [3.05, 3.63) is 29.8 Å². The van der Waals surface area contributed by atoms with Gasteiger partial charge in [-0.1, -0.05) is 12.1 Å². The molecule has 1 amide bonds. The summed E-state index contributed by atoms with van der Waals surface area (Å²) in [6, 6.07) is 7.21. The van der Waals surface area contributed by atoms with Crippen molar-refractivity contribution < 1.29 is 14.6 Å². The Bertz CT molecular complexity index is 615. The van der Waals surface area contributed by atoms with Gasteiger partial charge in [-0.05, 0) is 51.3 Å². The van der Waals surface area contributed by atoms with E-state index in [4.69, 9.17) is 10.5 Å². The highest BCUT2D eigenvalue weighted by Crippen LogP contribution is 2.12. The number of hydrogen-bond donors (Lipinski definition) is 2. The fraction of sp³-hybridized carbons (Fsp3) is 0.579. The Kier molecular flexibility index (Phi) is 6.71. The lowest BCUT2D eigenvalue weighted by Gasteiger charge is -2.36. The second kappa shape index (κ2) is 8.78. The fourth-order valence-corrected chi connectivity index (χ4v) is 2.68. The summed E-state index contributed by atoms with van der Waals surface area (Å²) in [5, 5.41) is 9.28. The lowest BCUT2D eigenvalue weighted by Crippen LogP contribution is -2.53. The first-order chi connectivity index (χ1) is 12.2. The maximum Gasteiger partial charge on any atom is 0.410 e. The number of piperazine rings is 1. The van der Waals surface area contributed by atoms with Crippen LogP contribution in [0.4, 0.5) is 4.79 Å². The van der Waals surface area contributed by atoms with E-state index in [1.165, 1.54) is 5.56 Å². The highest BCUT2D eigenvalue weighted by atomic mass is 16.6. The average molecular weight is 362 g/mol. The van der Waals surface area contributed by atoms with Crippen molar-refractivity contribution >= 4 is 12.1 Å². The third-order valence-corrected chi connectivity index (χ3v) is 4.09. The molecule has 1 saturated heterocycles. The lowest BCUT2D eigenvalue weighted by molar-refractivity contribution is 0.0186. The number of guanidine groups is 1. The zero-order chi connectivity index (χ0) is 19.2. The molecule has 0 radical (unpaired) electrons. The van der Waals surface area contributed by atoms with Gasteiger partial charge < -0.3 is 25.4 Å². The zero-order valence-corrected chi connectivity index (χ0v) is 15.9. The number of aryl methyl sites for hydroxylation is 1. The summed E-state index contributed by atoms with van der Waals surface area (Å²) in [5.74, 6) is 0.807. The van der Waals surface area contributed by atoms with E-state index in [1.54, 1.807) is 17.0 Å². The van der Waals surface area contributed by atoms with Gasteiger partial charge in [-0.3, -0.25) is 4.99 Å². The minimum Gasteiger partial charge on any atom is -0.508 e. The summed E-state index contributed by atoms with van der Waals surface area (Å²) >= 11 is 0. The fourth-order valence-electron chi connectivity index (χ4n) is 2.68. The molecule has 1 aromatic rings. The molecular formula is C19H30N4O3. The lowest BCUT2D eigenvalue weighted by atomic mass is 10.1. The highest BCUT2D eigenvalue weighted by molar-refractivity contribution is 5.78. The van der Waals surface area contributed by atoms with Crippen molar-refractivity contribution in [3.8, 4) is 5.75 Å². The molecular weight excluding hydrogens is 332 g/mol. The zero-order valence-electron chi connectivity index (χ0n) is 15.9. The van der Waals surface area contributed by atoms with Crippen molar-refractivity contribution in [2.45, 2.75) is 39.2 Å². The van der Waals surface area contributed by atoms with Crippen LogP contribution in [0.1, 0.15) is 32.8 Å². The van der Waals surface area contributed by atoms with E-state index < -0.39 is 5.60 Å². The van der Waals surface area contributed by atoms with Crippen LogP contribution in [0.3, 0.4) is 0 Å². The van der Waals surface area contributed by atoms with Crippen molar-refractivity contribution in [3.63, 3.8) is 0 Å². The number of nitrogens with zero attached hydrogens (tertiary/aromatic N) is 3. The number of nitrogens with two attached hydrogens (primary N) is 1. The van der Waals surface area contributed by atoms with Crippen molar-refractivity contribution in [2.75, 3.05) is 32.7 Å². The molecule has 0 bridgehead atoms. The number of aromatic hydroxyl groups is 1. The topological polar surface area (TPSA) is 91.4 Å². The summed E-state index contributed by atoms with van der Waals surface area (Å²) in [4.78, 5) is 20.2. The monoisotopic (exact) mass is 362 g/mol. The van der Waals surface area contributed by atoms with Crippen LogP contribution in [0, 0.1) is 0 Å². The Morgan fingerprint density at radius 3 is 2.31 bits per heavy atom. The largest absolute Gasteiger partial charge is 0.508 e. The number of carbonyl (C=O) groups excluding carboxylic acids is 1. The van der Waals surface area contributed by atoms with Gasteiger partial charge in [-0.25, -0.2) is 4.79 Å². The SMILES string of the molecule is CC(C)(C)OC(=O)N1CCN(C(N)=NCCCc2ccc(O)cc2)CC1. The minimum atomic E-state index is -0.480. The first-order valence-corrected chi connectivity index (χ1v) is 9.05. The van der Waals surface area contributed by atoms with E-state index in [0.717, 1.165) is 12.8 Å². The van der Waals surface area contributed by atoms with Gasteiger partial charge in [0.05, 0.1) is 0 Å². The van der Waals surface area contributed by atoms with Crippen LogP contribution in [-0.4, -0.2) is 65.3 Å². The maximum absolute atomic E-state index is 12.1. The number of phenols is 1. The standard InChI is InChI=1S/C19H30N4O3/c1-19(2,3)26-18(25)23-13-11-22(12-14-23)17(20)21-10-4-5-15-6-8-16(24)9-7-15/h6-9,24H,4-5,10-14H2,1-3H3,(H2,20,21). The Morgan fingerprint density at radius 1 is 1.15 bits per heavy atom. The third kappa shape index (κ3) is 6.46. The Labute approximate surface area is 155 Å². The molecule has 0 aliphatic carbocycles. The molecule has 7 nitrogen and oxygen atoms in total. The Morgan fingerprint density at radius 2 is 1.73 bits per heavy atom. The Hall–Kier alpha value is -2.44. The minimum absolute atomic E-state index is 0.276. The summed E-state index contributed by atoms with van der Waals surface area (Å²) in [5.41, 5.74) is 6.77. The quantitative estimate of drug-likeness (QED) is 0.487. The molecule has 144 valence electrons. The van der Waals surface area contributed by atoms with Gasteiger partial charge in [0.15, 0.2) is 5.96 Å². The third-order valence-electron chi connectivity index (χ3n) is 4.09. The summed E-state index contributed by atoms with van der Waals surface area (Å²) in [7, 11) is 0. The van der Waals surface area contributed by atoms with E-state index >= 15 is 0 Å². The molecule has 7 heteroatoms. The predicted octanol–water partition coefficient (Wildman–Crippen LogP) is 2.19. The molecule has 0 aromatic heterocycles. The molecule has 1 heterocycles. The summed E-state index contributed by atoms with van der Waals surface area (Å²) in [6.07, 6.45) is 1.51. The van der Waals surface area contributed by atoms with E-state index in [2.05, 4.69) is 4.99 Å². The molecule has 0 saturated carbocycles. The van der Waals surface area contributed by atoms with Gasteiger partial charge in [0.1, 0.15) is 11.4 Å². The molecule has 2 rings (SSSR count). The molecule has 1 aromatic carbocycles. The van der Waals surface area contributed by atoms with Crippen LogP contribution in [-0.2, 0) is 11.2 Å². The highest BCUT2D eigenvalue weighted by Gasteiger charge is 2.26. The molecule has 26 heavy (non-hydrogen) atoms. The number of phenolic OH excluding ortho intramolecular Hbond substituents is 1. The number of rotatable bonds is 4. The van der Waals surface area contributed by atoms with Crippen LogP contribution in [0.25, 0.3) is 0 Å². The van der Waals surface area contributed by atoms with Crippen LogP contribution in [0.2, 0.25) is 0 Å². The van der Waals surface area contributed by atoms with Gasteiger partial charge in [-0.15, -0.1) is 0 Å². The van der Waals surface area contributed by atoms with E-state index in [1.807, 2.05) is 37.8 Å². The molecule has 0 unspecified atom stereocenters. The molecule has 3 N–H and O–H groups in total. The number of hydrogen-bond acceptors (Lipinski definition) is 4. The number of aliphatic imine (C=N–C) groups is 1. The number of benzene rings is 1. The van der Waals surface area contributed by atoms with Crippen LogP contribution < -0.4 is 5.73 Å². The van der Waals surface area contributed by atoms with Crippen LogP contribution >= 0.6 is 0 Å². The smallest absolute Gasteiger partial charge is 0.410 e. The first-order valence-electron chi connectivity index (χ1n) is 9.05. The number of amides is 1. The van der Waals surface area contributed by atoms with E-state index in [0.29, 0.717) is 38.7 Å². The Balaban J connectivity index is 1.71. The van der Waals surface area contributed by atoms with Gasteiger partial charge in [0, 0.05) is 32.7 Å². The number of carbonyl (C=O) groups is 1. The molecule has 0 atom stereocenters. The van der Waals surface area contributed by atoms with Gasteiger partial charge in [0.2, 0.25) is 0 Å². The van der Waals surface area contributed by atoms with Crippen molar-refractivity contribution in [2.24, 2.45) is 10.7 Å². The van der Waals surface area contributed by atoms with Crippen LogP contribution in [0.5, 0.6) is 5.75 Å². The van der Waals surface area contributed by atoms with Gasteiger partial charge in [0.25, 0.3) is 0 Å². The van der Waals surface area contributed by atoms with Crippen LogP contribution in [0.15, 0.2) is 29.3 Å². The maximum atomic E-state index is 12.1. The second-order valence-corrected chi connectivity index (χ2v) is 7.46. The predicted molar refractivity (Wildman–Crippen MR) is 102 cm³/mol. The van der Waals surface area contributed by atoms with E-state index in [9.17, 15) is 9.90 Å². The second-order valence-electron chi connectivity index (χ2n) is 7.46. The van der Waals surface area contributed by atoms with Gasteiger partial charge in [-0.2, -0.15) is 0 Å². The molecule has 1 fully saturated rings. The summed E-state index contributed by atoms with van der Waals surface area (Å²) < 4.78 is 5.39.